The van der Waals surface area contributed by atoms with Crippen molar-refractivity contribution in [2.75, 3.05) is 0 Å². The lowest BCUT2D eigenvalue weighted by atomic mass is 9.77. The van der Waals surface area contributed by atoms with Crippen molar-refractivity contribution in [3.8, 4) is 0 Å². The molecule has 1 heterocycles. The Morgan fingerprint density at radius 2 is 1.75 bits per heavy atom. The van der Waals surface area contributed by atoms with Gasteiger partial charge in [-0.15, -0.1) is 0 Å². The molecule has 0 saturated carbocycles. The van der Waals surface area contributed by atoms with Crippen molar-refractivity contribution in [3.63, 3.8) is 0 Å². The third-order valence-corrected chi connectivity index (χ3v) is 4.35. The van der Waals surface area contributed by atoms with E-state index in [1.165, 1.54) is 6.92 Å². The van der Waals surface area contributed by atoms with E-state index in [4.69, 9.17) is 0 Å². The van der Waals surface area contributed by atoms with Crippen LogP contribution in [0.25, 0.3) is 0 Å². The first-order chi connectivity index (χ1) is 11.0. The van der Waals surface area contributed by atoms with E-state index in [9.17, 15) is 37.8 Å². The van der Waals surface area contributed by atoms with E-state index in [-0.39, 0.29) is 5.56 Å². The molecule has 1 aliphatic heterocycles. The second-order valence-electron chi connectivity index (χ2n) is 5.78. The van der Waals surface area contributed by atoms with Gasteiger partial charge in [0.05, 0.1) is 11.5 Å². The van der Waals surface area contributed by atoms with E-state index in [0.717, 1.165) is 24.3 Å². The molecule has 0 amide bonds. The van der Waals surface area contributed by atoms with Gasteiger partial charge in [0.2, 0.25) is 0 Å². The molecule has 1 aliphatic rings. The molecule has 1 fully saturated rings. The average molecular weight is 345 g/mol. The summed E-state index contributed by atoms with van der Waals surface area (Å²) in [7, 11) is 0. The molecule has 0 unspecified atom stereocenters. The van der Waals surface area contributed by atoms with Crippen LogP contribution in [0.5, 0.6) is 0 Å². The van der Waals surface area contributed by atoms with Gasteiger partial charge in [0.15, 0.2) is 0 Å². The number of rotatable bonds is 4. The van der Waals surface area contributed by atoms with E-state index in [0.29, 0.717) is 6.29 Å². The van der Waals surface area contributed by atoms with Gasteiger partial charge in [-0.05, 0) is 24.6 Å². The van der Waals surface area contributed by atoms with Crippen LogP contribution in [0.1, 0.15) is 24.0 Å². The molecule has 6 nitrogen and oxygen atoms in total. The molecule has 0 aliphatic carbocycles. The van der Waals surface area contributed by atoms with E-state index in [1.807, 2.05) is 0 Å². The average Bonchev–Trinajstić information content (AvgIpc) is 2.81. The van der Waals surface area contributed by atoms with Gasteiger partial charge >= 0.3 is 18.1 Å². The first-order valence-electron chi connectivity index (χ1n) is 6.88. The summed E-state index contributed by atoms with van der Waals surface area (Å²) in [5.74, 6) is -5.17. The highest BCUT2D eigenvalue weighted by Gasteiger charge is 2.57. The summed E-state index contributed by atoms with van der Waals surface area (Å²) in [5, 5.41) is 21.0. The predicted octanol–water partition coefficient (Wildman–Crippen LogP) is 1.50. The minimum absolute atomic E-state index is 0.143. The number of alkyl halides is 3. The van der Waals surface area contributed by atoms with Gasteiger partial charge in [-0.25, -0.2) is 0 Å². The number of aliphatic carboxylic acids is 2. The van der Waals surface area contributed by atoms with Crippen molar-refractivity contribution in [1.29, 1.82) is 0 Å². The molecule has 0 bridgehead atoms. The zero-order valence-electron chi connectivity index (χ0n) is 12.4. The Labute approximate surface area is 134 Å². The van der Waals surface area contributed by atoms with E-state index in [2.05, 4.69) is 5.32 Å². The van der Waals surface area contributed by atoms with Gasteiger partial charge in [-0.1, -0.05) is 12.1 Å². The summed E-state index contributed by atoms with van der Waals surface area (Å²) in [4.78, 5) is 34.3. The van der Waals surface area contributed by atoms with Crippen LogP contribution in [0, 0.1) is 5.92 Å². The number of hydrogen-bond acceptors (Lipinski definition) is 4. The zero-order valence-corrected chi connectivity index (χ0v) is 12.4. The number of aldehydes is 1. The summed E-state index contributed by atoms with van der Waals surface area (Å²) in [6.45, 7) is 1.18. The molecule has 1 aromatic carbocycles. The number of carbonyl (C=O) groups is 3. The van der Waals surface area contributed by atoms with Crippen molar-refractivity contribution >= 4 is 18.2 Å². The topological polar surface area (TPSA) is 104 Å². The fourth-order valence-electron chi connectivity index (χ4n) is 3.01. The monoisotopic (exact) mass is 345 g/mol. The van der Waals surface area contributed by atoms with Crippen molar-refractivity contribution in [2.24, 2.45) is 5.92 Å². The van der Waals surface area contributed by atoms with Crippen LogP contribution in [0.15, 0.2) is 24.3 Å². The molecular formula is C15H14F3NO5. The summed E-state index contributed by atoms with van der Waals surface area (Å²) in [5.41, 5.74) is -2.62. The fourth-order valence-corrected chi connectivity index (χ4v) is 3.01. The number of carbonyl (C=O) groups excluding carboxylic acids is 1. The van der Waals surface area contributed by atoms with E-state index in [1.54, 1.807) is 0 Å². The van der Waals surface area contributed by atoms with Gasteiger partial charge < -0.3 is 15.0 Å². The molecule has 1 saturated heterocycles. The SMILES string of the molecule is C[C@@]1(C(=O)O)N[C@H](C(=O)O)[C@@H](c2ccc(C(F)(F)F)cc2)[C@@H]1C=O. The largest absolute Gasteiger partial charge is 0.480 e. The maximum atomic E-state index is 12.6. The second-order valence-corrected chi connectivity index (χ2v) is 5.78. The van der Waals surface area contributed by atoms with E-state index >= 15 is 0 Å². The molecule has 0 radical (unpaired) electrons. The highest BCUT2D eigenvalue weighted by Crippen LogP contribution is 2.42. The molecule has 4 atom stereocenters. The van der Waals surface area contributed by atoms with Crippen LogP contribution in [0.2, 0.25) is 0 Å². The van der Waals surface area contributed by atoms with Gasteiger partial charge in [-0.3, -0.25) is 14.9 Å². The Morgan fingerprint density at radius 3 is 2.12 bits per heavy atom. The summed E-state index contributed by atoms with van der Waals surface area (Å²) in [6, 6.07) is 2.25. The number of carboxylic acids is 2. The molecule has 3 N–H and O–H groups in total. The number of halogens is 3. The molecule has 24 heavy (non-hydrogen) atoms. The van der Waals surface area contributed by atoms with Crippen molar-refractivity contribution in [2.45, 2.75) is 30.6 Å². The molecule has 1 aromatic rings. The summed E-state index contributed by atoms with van der Waals surface area (Å²) >= 11 is 0. The second kappa shape index (κ2) is 5.90. The Morgan fingerprint density at radius 1 is 1.21 bits per heavy atom. The molecular weight excluding hydrogens is 331 g/mol. The molecule has 0 aromatic heterocycles. The lowest BCUT2D eigenvalue weighted by Crippen LogP contribution is -2.52. The van der Waals surface area contributed by atoms with Gasteiger partial charge in [-0.2, -0.15) is 13.2 Å². The normalized spacial score (nSPS) is 30.1. The zero-order chi connectivity index (χ0) is 18.3. The Bertz CT molecular complexity index is 673. The molecule has 130 valence electrons. The number of benzene rings is 1. The van der Waals surface area contributed by atoms with Crippen LogP contribution < -0.4 is 5.32 Å². The van der Waals surface area contributed by atoms with Crippen LogP contribution in [0.4, 0.5) is 13.2 Å². The van der Waals surface area contributed by atoms with Gasteiger partial charge in [0.1, 0.15) is 17.9 Å². The Balaban J connectivity index is 2.50. The third-order valence-electron chi connectivity index (χ3n) is 4.35. The van der Waals surface area contributed by atoms with Gasteiger partial charge in [0, 0.05) is 5.92 Å². The van der Waals surface area contributed by atoms with Crippen LogP contribution in [-0.2, 0) is 20.6 Å². The first-order valence-corrected chi connectivity index (χ1v) is 6.88. The molecule has 9 heteroatoms. The summed E-state index contributed by atoms with van der Waals surface area (Å²) in [6.07, 6.45) is -4.23. The number of hydrogen-bond donors (Lipinski definition) is 3. The smallest absolute Gasteiger partial charge is 0.416 e. The Hall–Kier alpha value is -2.42. The number of carboxylic acid groups (broad SMARTS) is 2. The predicted molar refractivity (Wildman–Crippen MR) is 74.3 cm³/mol. The van der Waals surface area contributed by atoms with Crippen molar-refractivity contribution < 1.29 is 37.8 Å². The minimum Gasteiger partial charge on any atom is -0.480 e. The highest BCUT2D eigenvalue weighted by molar-refractivity contribution is 5.88. The summed E-state index contributed by atoms with van der Waals surface area (Å²) < 4.78 is 37.9. The van der Waals surface area contributed by atoms with Crippen molar-refractivity contribution in [3.05, 3.63) is 35.4 Å². The Kier molecular flexibility index (Phi) is 4.40. The van der Waals surface area contributed by atoms with Crippen molar-refractivity contribution in [1.82, 2.24) is 5.32 Å². The lowest BCUT2D eigenvalue weighted by molar-refractivity contribution is -0.147. The number of nitrogens with one attached hydrogen (secondary N) is 1. The molecule has 0 spiro atoms. The first kappa shape index (κ1) is 17.9. The van der Waals surface area contributed by atoms with Crippen LogP contribution >= 0.6 is 0 Å². The third kappa shape index (κ3) is 2.86. The fraction of sp³-hybridized carbons (Fsp3) is 0.400. The lowest BCUT2D eigenvalue weighted by Gasteiger charge is -2.25. The molecule has 2 rings (SSSR count). The maximum absolute atomic E-state index is 12.6. The highest BCUT2D eigenvalue weighted by atomic mass is 19.4. The minimum atomic E-state index is -4.56. The van der Waals surface area contributed by atoms with Crippen LogP contribution in [-0.4, -0.2) is 40.0 Å². The van der Waals surface area contributed by atoms with E-state index < -0.39 is 47.1 Å². The van der Waals surface area contributed by atoms with Crippen LogP contribution in [0.3, 0.4) is 0 Å². The maximum Gasteiger partial charge on any atom is 0.416 e. The quantitative estimate of drug-likeness (QED) is 0.715. The van der Waals surface area contributed by atoms with Gasteiger partial charge in [0.25, 0.3) is 0 Å². The standard InChI is InChI=1S/C15H14F3NO5/c1-14(13(23)24)9(6-20)10(11(19-14)12(21)22)7-2-4-8(5-3-7)15(16,17)18/h2-6,9-11,19H,1H3,(H,21,22)(H,23,24)/t9-,10-,11-,14+/m0/s1.